The van der Waals surface area contributed by atoms with Crippen molar-refractivity contribution in [2.75, 3.05) is 37.6 Å². The van der Waals surface area contributed by atoms with Crippen molar-refractivity contribution in [2.45, 2.75) is 39.3 Å². The van der Waals surface area contributed by atoms with Crippen LogP contribution < -0.4 is 4.90 Å². The number of anilines is 1. The van der Waals surface area contributed by atoms with Crippen LogP contribution in [0.1, 0.15) is 41.6 Å². The van der Waals surface area contributed by atoms with Gasteiger partial charge in [-0.25, -0.2) is 9.07 Å². The number of nitrogens with zero attached hydrogens (tertiary/aromatic N) is 5. The number of carbonyl (C=O) groups is 1. The molecule has 1 aliphatic carbocycles. The normalized spacial score (nSPS) is 16.9. The lowest BCUT2D eigenvalue weighted by Crippen LogP contribution is -2.47. The Kier molecular flexibility index (Phi) is 5.93. The fraction of sp³-hybridized carbons (Fsp3) is 0.440. The van der Waals surface area contributed by atoms with E-state index >= 15 is 0 Å². The van der Waals surface area contributed by atoms with Crippen molar-refractivity contribution >= 4 is 11.7 Å². The van der Waals surface area contributed by atoms with E-state index in [1.807, 2.05) is 22.6 Å². The van der Waals surface area contributed by atoms with E-state index in [1.165, 1.54) is 18.4 Å². The zero-order chi connectivity index (χ0) is 22.9. The first-order chi connectivity index (χ1) is 16.0. The molecule has 174 valence electrons. The molecule has 1 saturated carbocycles. The summed E-state index contributed by atoms with van der Waals surface area (Å²) in [5.74, 6) is 0.917. The summed E-state index contributed by atoms with van der Waals surface area (Å²) in [6.07, 6.45) is 3.52. The van der Waals surface area contributed by atoms with Crippen LogP contribution in [0, 0.1) is 12.7 Å². The molecule has 8 heteroatoms. The highest BCUT2D eigenvalue weighted by atomic mass is 19.1. The summed E-state index contributed by atoms with van der Waals surface area (Å²) in [5.41, 5.74) is 2.55. The highest BCUT2D eigenvalue weighted by Gasteiger charge is 2.36. The average molecular weight is 452 g/mol. The van der Waals surface area contributed by atoms with Gasteiger partial charge in [-0.1, -0.05) is 13.0 Å². The Morgan fingerprint density at radius 1 is 1.18 bits per heavy atom. The topological polar surface area (TPSA) is 57.8 Å². The van der Waals surface area contributed by atoms with Gasteiger partial charge in [-0.15, -0.1) is 0 Å². The Morgan fingerprint density at radius 2 is 1.97 bits per heavy atom. The van der Waals surface area contributed by atoms with Gasteiger partial charge in [-0.2, -0.15) is 5.10 Å². The third-order valence-electron chi connectivity index (χ3n) is 6.64. The molecule has 0 spiro atoms. The largest absolute Gasteiger partial charge is 0.459 e. The Hall–Kier alpha value is -3.13. The molecule has 3 aromatic rings. The summed E-state index contributed by atoms with van der Waals surface area (Å²) < 4.78 is 21.3. The molecule has 0 bridgehead atoms. The molecule has 0 unspecified atom stereocenters. The molecule has 2 aliphatic rings. The number of benzene rings is 1. The van der Waals surface area contributed by atoms with Gasteiger partial charge in [0.15, 0.2) is 5.76 Å². The minimum absolute atomic E-state index is 0.0952. The molecule has 1 saturated heterocycles. The number of amides is 1. The lowest BCUT2D eigenvalue weighted by atomic mass is 10.1. The van der Waals surface area contributed by atoms with Gasteiger partial charge >= 0.3 is 0 Å². The van der Waals surface area contributed by atoms with E-state index in [-0.39, 0.29) is 17.8 Å². The van der Waals surface area contributed by atoms with Crippen LogP contribution in [-0.4, -0.2) is 64.3 Å². The molecule has 1 aliphatic heterocycles. The minimum Gasteiger partial charge on any atom is -0.459 e. The number of hydrogen-bond donors (Lipinski definition) is 0. The Morgan fingerprint density at radius 3 is 2.61 bits per heavy atom. The van der Waals surface area contributed by atoms with E-state index in [0.29, 0.717) is 18.0 Å². The second kappa shape index (κ2) is 9.02. The molecular formula is C25H30FN5O2. The third kappa shape index (κ3) is 4.39. The molecule has 0 N–H and O–H groups in total. The summed E-state index contributed by atoms with van der Waals surface area (Å²) in [5, 5.41) is 4.82. The van der Waals surface area contributed by atoms with Crippen molar-refractivity contribution in [3.63, 3.8) is 0 Å². The van der Waals surface area contributed by atoms with E-state index in [2.05, 4.69) is 16.7 Å². The summed E-state index contributed by atoms with van der Waals surface area (Å²) in [6.45, 7) is 9.26. The molecule has 5 rings (SSSR count). The van der Waals surface area contributed by atoms with Gasteiger partial charge < -0.3 is 19.1 Å². The number of likely N-dealkylation sites (N-methyl/N-ethyl adjacent to an activating group) is 1. The van der Waals surface area contributed by atoms with Crippen LogP contribution in [0.25, 0.3) is 5.69 Å². The summed E-state index contributed by atoms with van der Waals surface area (Å²) >= 11 is 0. The monoisotopic (exact) mass is 451 g/mol. The number of halogens is 1. The van der Waals surface area contributed by atoms with Gasteiger partial charge in [0, 0.05) is 37.8 Å². The fourth-order valence-corrected chi connectivity index (χ4v) is 4.59. The molecule has 7 nitrogen and oxygen atoms in total. The molecule has 3 heterocycles. The Balaban J connectivity index is 1.54. The number of aryl methyl sites for hydroxylation is 1. The van der Waals surface area contributed by atoms with Gasteiger partial charge in [-0.05, 0) is 56.6 Å². The van der Waals surface area contributed by atoms with Crippen molar-refractivity contribution in [1.29, 1.82) is 0 Å². The number of furan rings is 1. The quantitative estimate of drug-likeness (QED) is 0.546. The Bertz CT molecular complexity index is 1110. The third-order valence-corrected chi connectivity index (χ3v) is 6.64. The zero-order valence-corrected chi connectivity index (χ0v) is 19.2. The van der Waals surface area contributed by atoms with Crippen LogP contribution in [0.5, 0.6) is 0 Å². The molecule has 1 amide bonds. The lowest BCUT2D eigenvalue weighted by molar-refractivity contribution is 0.0697. The highest BCUT2D eigenvalue weighted by Crippen LogP contribution is 2.35. The van der Waals surface area contributed by atoms with E-state index in [0.717, 1.165) is 62.6 Å². The molecule has 2 fully saturated rings. The van der Waals surface area contributed by atoms with Crippen molar-refractivity contribution in [3.8, 4) is 5.69 Å². The van der Waals surface area contributed by atoms with Crippen molar-refractivity contribution in [2.24, 2.45) is 0 Å². The van der Waals surface area contributed by atoms with E-state index in [9.17, 15) is 9.18 Å². The second-order valence-electron chi connectivity index (χ2n) is 8.84. The fourth-order valence-electron chi connectivity index (χ4n) is 4.59. The lowest BCUT2D eigenvalue weighted by Gasteiger charge is -2.36. The first-order valence-electron chi connectivity index (χ1n) is 11.7. The average Bonchev–Trinajstić information content (AvgIpc) is 3.40. The van der Waals surface area contributed by atoms with Gasteiger partial charge in [-0.3, -0.25) is 4.79 Å². The summed E-state index contributed by atoms with van der Waals surface area (Å²) in [6, 6.07) is 10.2. The highest BCUT2D eigenvalue weighted by molar-refractivity contribution is 5.92. The molecule has 0 atom stereocenters. The van der Waals surface area contributed by atoms with Gasteiger partial charge in [0.1, 0.15) is 11.6 Å². The Labute approximate surface area is 193 Å². The first-order valence-corrected chi connectivity index (χ1v) is 11.7. The van der Waals surface area contributed by atoms with Crippen molar-refractivity contribution in [3.05, 3.63) is 65.5 Å². The number of carbonyl (C=O) groups excluding carboxylic acids is 1. The maximum Gasteiger partial charge on any atom is 0.290 e. The second-order valence-corrected chi connectivity index (χ2v) is 8.84. The summed E-state index contributed by atoms with van der Waals surface area (Å²) in [4.78, 5) is 19.9. The number of piperazine rings is 1. The van der Waals surface area contributed by atoms with E-state index in [4.69, 9.17) is 9.52 Å². The van der Waals surface area contributed by atoms with Crippen molar-refractivity contribution in [1.82, 2.24) is 19.6 Å². The van der Waals surface area contributed by atoms with Gasteiger partial charge in [0.05, 0.1) is 24.2 Å². The van der Waals surface area contributed by atoms with E-state index in [1.54, 1.807) is 18.2 Å². The number of aromatic nitrogens is 2. The minimum atomic E-state index is -0.295. The molecule has 0 radical (unpaired) electrons. The maximum absolute atomic E-state index is 14.1. The van der Waals surface area contributed by atoms with Crippen LogP contribution in [0.3, 0.4) is 0 Å². The predicted molar refractivity (Wildman–Crippen MR) is 124 cm³/mol. The van der Waals surface area contributed by atoms with Crippen LogP contribution >= 0.6 is 0 Å². The van der Waals surface area contributed by atoms with Gasteiger partial charge in [0.25, 0.3) is 5.91 Å². The number of rotatable bonds is 7. The maximum atomic E-state index is 14.1. The van der Waals surface area contributed by atoms with Crippen LogP contribution in [0.2, 0.25) is 0 Å². The molecule has 33 heavy (non-hydrogen) atoms. The first kappa shape index (κ1) is 21.7. The van der Waals surface area contributed by atoms with Crippen LogP contribution in [0.4, 0.5) is 10.2 Å². The van der Waals surface area contributed by atoms with E-state index < -0.39 is 0 Å². The molecule has 1 aromatic carbocycles. The van der Waals surface area contributed by atoms with Gasteiger partial charge in [0.2, 0.25) is 0 Å². The summed E-state index contributed by atoms with van der Waals surface area (Å²) in [7, 11) is 0. The SMILES string of the molecule is CCN1CCN(c2c(CN(C(=O)c3ccco3)C3CC3)c(C)nn2-c2cccc(F)c2)CC1. The van der Waals surface area contributed by atoms with Crippen LogP contribution in [-0.2, 0) is 6.54 Å². The molecular weight excluding hydrogens is 421 g/mol. The van der Waals surface area contributed by atoms with Crippen molar-refractivity contribution < 1.29 is 13.6 Å². The van der Waals surface area contributed by atoms with Crippen LogP contribution in [0.15, 0.2) is 47.1 Å². The molecule has 2 aromatic heterocycles. The predicted octanol–water partition coefficient (Wildman–Crippen LogP) is 3.86. The zero-order valence-electron chi connectivity index (χ0n) is 19.2. The number of hydrogen-bond acceptors (Lipinski definition) is 5. The smallest absolute Gasteiger partial charge is 0.290 e. The standard InChI is InChI=1S/C25H30FN5O2/c1-3-28-11-13-29(14-12-28)24-22(18(2)27-31(24)21-7-4-6-19(26)16-21)17-30(20-9-10-20)25(32)23-8-5-15-33-23/h4-8,15-16,20H,3,9-14,17H2,1-2H3.